The summed E-state index contributed by atoms with van der Waals surface area (Å²) in [6.07, 6.45) is -4.90. The van der Waals surface area contributed by atoms with Crippen LogP contribution in [0.1, 0.15) is 6.23 Å². The molecule has 10 nitrogen and oxygen atoms in total. The van der Waals surface area contributed by atoms with E-state index in [4.69, 9.17) is 21.3 Å². The zero-order valence-electron chi connectivity index (χ0n) is 10.6. The smallest absolute Gasteiger partial charge is 0.311 e. The molecular formula is C10H13N5O5S. The van der Waals surface area contributed by atoms with Gasteiger partial charge in [-0.05, 0) is 0 Å². The van der Waals surface area contributed by atoms with Crippen molar-refractivity contribution in [1.29, 1.82) is 0 Å². The van der Waals surface area contributed by atoms with Crippen LogP contribution < -0.4 is 16.3 Å². The van der Waals surface area contributed by atoms with E-state index < -0.39 is 36.0 Å². The Labute approximate surface area is 121 Å². The minimum atomic E-state index is -1.39. The van der Waals surface area contributed by atoms with Gasteiger partial charge in [0.15, 0.2) is 11.9 Å². The fourth-order valence-electron chi connectivity index (χ4n) is 2.27. The Bertz CT molecular complexity index is 745. The molecule has 1 saturated heterocycles. The van der Waals surface area contributed by atoms with Crippen LogP contribution >= 0.6 is 11.3 Å². The molecule has 0 bridgehead atoms. The molecule has 7 N–H and O–H groups in total. The van der Waals surface area contributed by atoms with Gasteiger partial charge in [-0.15, -0.1) is 0 Å². The Balaban J connectivity index is 2.17. The van der Waals surface area contributed by atoms with Gasteiger partial charge in [0.2, 0.25) is 5.95 Å². The van der Waals surface area contributed by atoms with Crippen molar-refractivity contribution in [2.75, 3.05) is 18.1 Å². The second-order valence-electron chi connectivity index (χ2n) is 4.59. The summed E-state index contributed by atoms with van der Waals surface area (Å²) in [5, 5.41) is 28.9. The largest absolute Gasteiger partial charge is 0.394 e. The van der Waals surface area contributed by atoms with E-state index in [0.717, 1.165) is 15.9 Å². The third kappa shape index (κ3) is 2.06. The highest BCUT2D eigenvalue weighted by Crippen LogP contribution is 2.32. The number of hydrogen-bond donors (Lipinski definition) is 5. The summed E-state index contributed by atoms with van der Waals surface area (Å²) in [7, 11) is 0. The number of aromatic nitrogens is 3. The van der Waals surface area contributed by atoms with Gasteiger partial charge in [-0.1, -0.05) is 11.3 Å². The molecule has 0 aromatic carbocycles. The van der Waals surface area contributed by atoms with E-state index in [9.17, 15) is 15.0 Å². The quantitative estimate of drug-likeness (QED) is 0.406. The van der Waals surface area contributed by atoms with E-state index in [1.165, 1.54) is 0 Å². The summed E-state index contributed by atoms with van der Waals surface area (Å²) >= 11 is 0.780. The molecule has 4 unspecified atom stereocenters. The monoisotopic (exact) mass is 315 g/mol. The van der Waals surface area contributed by atoms with Gasteiger partial charge < -0.3 is 31.5 Å². The molecule has 2 aromatic heterocycles. The van der Waals surface area contributed by atoms with Crippen molar-refractivity contribution in [3.8, 4) is 0 Å². The molecule has 11 heteroatoms. The minimum Gasteiger partial charge on any atom is -0.394 e. The molecule has 114 valence electrons. The van der Waals surface area contributed by atoms with Crippen LogP contribution in [0.15, 0.2) is 4.79 Å². The highest BCUT2D eigenvalue weighted by Gasteiger charge is 2.44. The van der Waals surface area contributed by atoms with Crippen LogP contribution in [0.3, 0.4) is 0 Å². The number of nitrogens with zero attached hydrogens (tertiary/aromatic N) is 3. The number of hydrogen-bond acceptors (Lipinski definition) is 10. The average Bonchev–Trinajstić information content (AvgIpc) is 2.89. The van der Waals surface area contributed by atoms with Crippen molar-refractivity contribution in [2.45, 2.75) is 24.5 Å². The van der Waals surface area contributed by atoms with Crippen molar-refractivity contribution in [3.05, 3.63) is 9.67 Å². The standard InChI is InChI=1S/C10H13N5O5S/c11-6-5-7(14-9(12)13-6)15(10(19)21-5)8-4(18)3(17)2(1-16)20-8/h2-4,8,16-18H,1H2,(H4,11,12,13,14). The molecule has 1 aliphatic rings. The van der Waals surface area contributed by atoms with Gasteiger partial charge in [-0.2, -0.15) is 9.97 Å². The lowest BCUT2D eigenvalue weighted by Crippen LogP contribution is -2.34. The predicted octanol–water partition coefficient (Wildman–Crippen LogP) is -2.37. The number of nitrogens with two attached hydrogens (primary N) is 2. The second kappa shape index (κ2) is 4.89. The molecule has 1 fully saturated rings. The van der Waals surface area contributed by atoms with Crippen molar-refractivity contribution in [3.63, 3.8) is 0 Å². The maximum Gasteiger partial charge on any atom is 0.311 e. The van der Waals surface area contributed by atoms with Crippen LogP contribution in [-0.4, -0.2) is 54.8 Å². The van der Waals surface area contributed by atoms with Crippen LogP contribution in [0.2, 0.25) is 0 Å². The number of aliphatic hydroxyl groups is 3. The number of aliphatic hydroxyl groups excluding tert-OH is 3. The molecule has 0 saturated carbocycles. The van der Waals surface area contributed by atoms with Gasteiger partial charge >= 0.3 is 4.87 Å². The highest BCUT2D eigenvalue weighted by molar-refractivity contribution is 7.17. The Hall–Kier alpha value is -1.79. The maximum absolute atomic E-state index is 12.1. The number of ether oxygens (including phenoxy) is 1. The Morgan fingerprint density at radius 1 is 1.29 bits per heavy atom. The molecule has 0 amide bonds. The Morgan fingerprint density at radius 2 is 2.00 bits per heavy atom. The summed E-state index contributed by atoms with van der Waals surface area (Å²) in [5.41, 5.74) is 11.3. The average molecular weight is 315 g/mol. The lowest BCUT2D eigenvalue weighted by atomic mass is 10.1. The van der Waals surface area contributed by atoms with E-state index in [0.29, 0.717) is 4.70 Å². The van der Waals surface area contributed by atoms with E-state index in [1.54, 1.807) is 0 Å². The molecule has 3 rings (SSSR count). The Kier molecular flexibility index (Phi) is 3.30. The van der Waals surface area contributed by atoms with Gasteiger partial charge in [0.25, 0.3) is 0 Å². The molecule has 21 heavy (non-hydrogen) atoms. The number of rotatable bonds is 2. The van der Waals surface area contributed by atoms with Crippen LogP contribution in [0.4, 0.5) is 11.8 Å². The highest BCUT2D eigenvalue weighted by atomic mass is 32.1. The minimum absolute atomic E-state index is 0.0464. The van der Waals surface area contributed by atoms with Gasteiger partial charge in [0.05, 0.1) is 6.61 Å². The maximum atomic E-state index is 12.1. The first kappa shape index (κ1) is 14.2. The summed E-state index contributed by atoms with van der Waals surface area (Å²) < 4.78 is 6.69. The first-order valence-corrected chi connectivity index (χ1v) is 6.82. The summed E-state index contributed by atoms with van der Waals surface area (Å²) in [6, 6.07) is 0. The predicted molar refractivity (Wildman–Crippen MR) is 73.5 cm³/mol. The molecule has 2 aromatic rings. The molecule has 0 aliphatic carbocycles. The molecule has 3 heterocycles. The van der Waals surface area contributed by atoms with E-state index in [-0.39, 0.29) is 17.4 Å². The van der Waals surface area contributed by atoms with Crippen LogP contribution in [-0.2, 0) is 4.74 Å². The molecule has 0 radical (unpaired) electrons. The fourth-order valence-corrected chi connectivity index (χ4v) is 3.12. The summed E-state index contributed by atoms with van der Waals surface area (Å²) in [4.78, 5) is 19.3. The molecule has 1 aliphatic heterocycles. The van der Waals surface area contributed by atoms with Gasteiger partial charge in [-0.25, -0.2) is 0 Å². The van der Waals surface area contributed by atoms with Crippen molar-refractivity contribution < 1.29 is 20.1 Å². The molecule has 4 atom stereocenters. The lowest BCUT2D eigenvalue weighted by Gasteiger charge is -2.16. The zero-order valence-corrected chi connectivity index (χ0v) is 11.4. The third-order valence-electron chi connectivity index (χ3n) is 3.28. The van der Waals surface area contributed by atoms with Gasteiger partial charge in [0, 0.05) is 0 Å². The van der Waals surface area contributed by atoms with Gasteiger partial charge in [-0.3, -0.25) is 9.36 Å². The van der Waals surface area contributed by atoms with Crippen molar-refractivity contribution >= 4 is 33.5 Å². The SMILES string of the molecule is Nc1nc(N)c2sc(=O)n(C3OC(CO)C(O)C3O)c2n1. The van der Waals surface area contributed by atoms with E-state index >= 15 is 0 Å². The first-order valence-electron chi connectivity index (χ1n) is 6.00. The number of nitrogen functional groups attached to an aromatic ring is 2. The van der Waals surface area contributed by atoms with Crippen LogP contribution in [0, 0.1) is 0 Å². The number of fused-ring (bicyclic) bond motifs is 1. The topological polar surface area (TPSA) is 170 Å². The van der Waals surface area contributed by atoms with Crippen molar-refractivity contribution in [2.24, 2.45) is 0 Å². The normalized spacial score (nSPS) is 29.3. The Morgan fingerprint density at radius 3 is 2.62 bits per heavy atom. The molecular weight excluding hydrogens is 302 g/mol. The van der Waals surface area contributed by atoms with E-state index in [2.05, 4.69) is 9.97 Å². The zero-order chi connectivity index (χ0) is 15.3. The summed E-state index contributed by atoms with van der Waals surface area (Å²) in [5.74, 6) is -0.0802. The lowest BCUT2D eigenvalue weighted by molar-refractivity contribution is -0.0518. The van der Waals surface area contributed by atoms with Crippen LogP contribution in [0.5, 0.6) is 0 Å². The number of anilines is 2. The summed E-state index contributed by atoms with van der Waals surface area (Å²) in [6.45, 7) is -0.495. The first-order chi connectivity index (χ1) is 9.93. The van der Waals surface area contributed by atoms with Crippen molar-refractivity contribution in [1.82, 2.24) is 14.5 Å². The van der Waals surface area contributed by atoms with Gasteiger partial charge in [0.1, 0.15) is 28.8 Å². The van der Waals surface area contributed by atoms with Crippen LogP contribution in [0.25, 0.3) is 10.3 Å². The van der Waals surface area contributed by atoms with E-state index in [1.807, 2.05) is 0 Å². The fraction of sp³-hybridized carbons (Fsp3) is 0.500. The number of thiazole rings is 1. The second-order valence-corrected chi connectivity index (χ2v) is 5.55. The third-order valence-corrected chi connectivity index (χ3v) is 4.24. The molecule has 0 spiro atoms.